The smallest absolute Gasteiger partial charge is 0.311 e. The van der Waals surface area contributed by atoms with E-state index in [0.717, 1.165) is 6.42 Å². The maximum atomic E-state index is 14.0. The zero-order valence-electron chi connectivity index (χ0n) is 31.7. The molecule has 7 unspecified atom stereocenters. The first-order valence-corrected chi connectivity index (χ1v) is 18.0. The molecule has 0 aliphatic carbocycles. The molecular formula is C36H65NO12. The van der Waals surface area contributed by atoms with Gasteiger partial charge in [-0.25, -0.2) is 0 Å². The average molecular weight is 704 g/mol. The molecule has 0 spiro atoms. The summed E-state index contributed by atoms with van der Waals surface area (Å²) in [5.74, 6) is -4.57. The van der Waals surface area contributed by atoms with Gasteiger partial charge in [-0.1, -0.05) is 27.7 Å². The molecule has 13 heteroatoms. The lowest BCUT2D eigenvalue weighted by atomic mass is 9.74. The van der Waals surface area contributed by atoms with Gasteiger partial charge in [0.25, 0.3) is 0 Å². The van der Waals surface area contributed by atoms with Crippen molar-refractivity contribution in [3.05, 3.63) is 0 Å². The van der Waals surface area contributed by atoms with E-state index >= 15 is 0 Å². The van der Waals surface area contributed by atoms with Gasteiger partial charge in [0.05, 0.1) is 47.6 Å². The van der Waals surface area contributed by atoms with Crippen molar-refractivity contribution in [1.82, 2.24) is 5.32 Å². The number of esters is 1. The van der Waals surface area contributed by atoms with E-state index in [0.29, 0.717) is 6.42 Å². The Kier molecular flexibility index (Phi) is 14.3. The molecule has 0 radical (unpaired) electrons. The van der Waals surface area contributed by atoms with Crippen LogP contribution in [0.2, 0.25) is 0 Å². The van der Waals surface area contributed by atoms with Crippen LogP contribution in [-0.2, 0) is 38.0 Å². The molecule has 0 aromatic rings. The normalized spacial score (nSPS) is 49.6. The highest BCUT2D eigenvalue weighted by molar-refractivity contribution is 5.83. The fraction of sp³-hybridized carbons (Fsp3) is 0.944. The van der Waals surface area contributed by atoms with E-state index < -0.39 is 95.6 Å². The van der Waals surface area contributed by atoms with Crippen LogP contribution in [-0.4, -0.2) is 124 Å². The molecule has 286 valence electrons. The topological polar surface area (TPSA) is 182 Å². The van der Waals surface area contributed by atoms with Gasteiger partial charge in [0.15, 0.2) is 12.6 Å². The van der Waals surface area contributed by atoms with Crippen LogP contribution in [0.25, 0.3) is 0 Å². The highest BCUT2D eigenvalue weighted by Crippen LogP contribution is 2.40. The monoisotopic (exact) mass is 703 g/mol. The van der Waals surface area contributed by atoms with Gasteiger partial charge in [0.1, 0.15) is 23.6 Å². The lowest BCUT2D eigenvalue weighted by Crippen LogP contribution is -2.60. The van der Waals surface area contributed by atoms with Crippen LogP contribution >= 0.6 is 0 Å². The van der Waals surface area contributed by atoms with Gasteiger partial charge >= 0.3 is 5.97 Å². The molecule has 17 atom stereocenters. The van der Waals surface area contributed by atoms with Gasteiger partial charge in [-0.2, -0.15) is 0 Å². The Labute approximate surface area is 292 Å². The summed E-state index contributed by atoms with van der Waals surface area (Å²) >= 11 is 0. The first-order valence-electron chi connectivity index (χ1n) is 18.0. The maximum absolute atomic E-state index is 14.0. The zero-order chi connectivity index (χ0) is 37.2. The number of nitrogens with one attached hydrogen (secondary N) is 1. The first kappa shape index (κ1) is 42.2. The van der Waals surface area contributed by atoms with Crippen LogP contribution in [0.3, 0.4) is 0 Å². The van der Waals surface area contributed by atoms with Crippen LogP contribution in [0.1, 0.15) is 101 Å². The van der Waals surface area contributed by atoms with Crippen LogP contribution in [0.4, 0.5) is 0 Å². The van der Waals surface area contributed by atoms with Crippen molar-refractivity contribution in [2.45, 2.75) is 179 Å². The molecule has 3 heterocycles. The first-order chi connectivity index (χ1) is 22.6. The molecule has 3 aliphatic rings. The third kappa shape index (κ3) is 9.40. The molecule has 0 aromatic carbocycles. The summed E-state index contributed by atoms with van der Waals surface area (Å²) in [5.41, 5.74) is -4.64. The van der Waals surface area contributed by atoms with Gasteiger partial charge in [-0.15, -0.1) is 0 Å². The Morgan fingerprint density at radius 3 is 2.08 bits per heavy atom. The van der Waals surface area contributed by atoms with Crippen molar-refractivity contribution in [1.29, 1.82) is 0 Å². The molecule has 3 fully saturated rings. The lowest BCUT2D eigenvalue weighted by molar-refractivity contribution is -0.308. The number of carbonyl (C=O) groups is 2. The highest BCUT2D eigenvalue weighted by atomic mass is 16.7. The van der Waals surface area contributed by atoms with Crippen molar-refractivity contribution < 1.29 is 58.4 Å². The Bertz CT molecular complexity index is 1100. The van der Waals surface area contributed by atoms with Crippen LogP contribution in [0, 0.1) is 23.7 Å². The molecule has 3 rings (SSSR count). The summed E-state index contributed by atoms with van der Waals surface area (Å²) in [7, 11) is 3.37. The van der Waals surface area contributed by atoms with E-state index in [-0.39, 0.29) is 37.2 Å². The minimum Gasteiger partial charge on any atom is -0.459 e. The van der Waals surface area contributed by atoms with Gasteiger partial charge < -0.3 is 54.2 Å². The number of carbonyl (C=O) groups excluding carboxylic acids is 2. The van der Waals surface area contributed by atoms with E-state index in [4.69, 9.17) is 28.4 Å². The number of rotatable bonds is 7. The number of hydrogen-bond donors (Lipinski definition) is 5. The Morgan fingerprint density at radius 1 is 0.878 bits per heavy atom. The molecule has 13 nitrogen and oxygen atoms in total. The molecule has 0 amide bonds. The van der Waals surface area contributed by atoms with Gasteiger partial charge in [-0.05, 0) is 67.9 Å². The maximum Gasteiger partial charge on any atom is 0.311 e. The lowest BCUT2D eigenvalue weighted by Gasteiger charge is -2.48. The second-order valence-electron chi connectivity index (χ2n) is 15.7. The van der Waals surface area contributed by atoms with E-state index in [1.54, 1.807) is 41.5 Å². The van der Waals surface area contributed by atoms with Gasteiger partial charge in [-0.3, -0.25) is 9.59 Å². The van der Waals surface area contributed by atoms with E-state index in [9.17, 15) is 30.0 Å². The fourth-order valence-corrected chi connectivity index (χ4v) is 8.20. The van der Waals surface area contributed by atoms with Crippen molar-refractivity contribution >= 4 is 11.8 Å². The molecule has 0 saturated carbocycles. The molecule has 49 heavy (non-hydrogen) atoms. The number of cyclic esters (lactones) is 1. The van der Waals surface area contributed by atoms with E-state index in [1.807, 2.05) is 20.9 Å². The summed E-state index contributed by atoms with van der Waals surface area (Å²) < 4.78 is 37.2. The van der Waals surface area contributed by atoms with E-state index in [1.165, 1.54) is 21.0 Å². The summed E-state index contributed by atoms with van der Waals surface area (Å²) in [6.45, 7) is 16.8. The van der Waals surface area contributed by atoms with Crippen LogP contribution in [0.15, 0.2) is 0 Å². The van der Waals surface area contributed by atoms with Crippen molar-refractivity contribution in [2.75, 3.05) is 14.2 Å². The fourth-order valence-electron chi connectivity index (χ4n) is 8.20. The van der Waals surface area contributed by atoms with Gasteiger partial charge in [0, 0.05) is 43.7 Å². The van der Waals surface area contributed by atoms with Crippen LogP contribution in [0.5, 0.6) is 0 Å². The minimum atomic E-state index is -1.96. The number of aliphatic hydroxyl groups is 4. The third-order valence-corrected chi connectivity index (χ3v) is 11.4. The van der Waals surface area contributed by atoms with E-state index in [2.05, 4.69) is 5.32 Å². The number of methoxy groups -OCH3 is 1. The predicted octanol–water partition coefficient (Wildman–Crippen LogP) is 2.47. The molecular weight excluding hydrogens is 638 g/mol. The number of ketones is 1. The average Bonchev–Trinajstić information content (AvgIpc) is 3.04. The van der Waals surface area contributed by atoms with Crippen molar-refractivity contribution in [2.24, 2.45) is 23.7 Å². The molecule has 0 bridgehead atoms. The summed E-state index contributed by atoms with van der Waals surface area (Å²) in [5, 5.41) is 49.3. The van der Waals surface area contributed by atoms with Gasteiger partial charge in [0.2, 0.25) is 0 Å². The zero-order valence-corrected chi connectivity index (χ0v) is 31.7. The Morgan fingerprint density at radius 2 is 1.51 bits per heavy atom. The molecule has 3 saturated heterocycles. The highest BCUT2D eigenvalue weighted by Gasteiger charge is 2.52. The van der Waals surface area contributed by atoms with Crippen molar-refractivity contribution in [3.8, 4) is 0 Å². The number of hydrogen-bond acceptors (Lipinski definition) is 13. The minimum absolute atomic E-state index is 0.0502. The molecule has 3 aliphatic heterocycles. The third-order valence-electron chi connectivity index (χ3n) is 11.4. The largest absolute Gasteiger partial charge is 0.459 e. The second-order valence-corrected chi connectivity index (χ2v) is 15.7. The standard InChI is InChI=1S/C36H65NO12/c1-13-25-36(10,43)30(39)20(4)28(38)18(2)16-34(8,42)32(49-26-15-24(37-11)14-19(3)45-26)21(5)29(22(6)33(41)47-25)48-27-17-35(9,44-12)31(40)23(7)46-27/h18-27,29-32,37,39-40,42-43H,13-17H2,1-12H3/t18-,19?,20+,21+,22-,23?,24?,25-,26?,27?,29+,30-,31?,32-,34+,35?,36-/m1/s1. The predicted molar refractivity (Wildman–Crippen MR) is 180 cm³/mol. The number of aliphatic hydroxyl groups excluding tert-OH is 2. The summed E-state index contributed by atoms with van der Waals surface area (Å²) in [6, 6.07) is 0.102. The SMILES string of the molecule is CC[C@H]1OC(=O)[C@H](C)[C@@H](OC2CC(C)(OC)C(O)C(C)O2)[C@H](C)[C@@H](OC2CC(NC)CC(C)O2)[C@@](C)(O)C[C@@H](C)C(=O)[C@H](C)[C@@H](O)[C@]1(C)O. The van der Waals surface area contributed by atoms with Crippen molar-refractivity contribution in [3.63, 3.8) is 0 Å². The summed E-state index contributed by atoms with van der Waals surface area (Å²) in [4.78, 5) is 27.8. The number of Topliss-reactive ketones (excluding diaryl/α,β-unsaturated/α-hetero) is 1. The number of ether oxygens (including phenoxy) is 6. The van der Waals surface area contributed by atoms with Crippen LogP contribution < -0.4 is 5.32 Å². The summed E-state index contributed by atoms with van der Waals surface area (Å²) in [6.07, 6.45) is -6.59. The molecule has 5 N–H and O–H groups in total. The quantitative estimate of drug-likeness (QED) is 0.244. The Hall–Kier alpha value is -1.26. The molecule has 0 aromatic heterocycles. The Balaban J connectivity index is 2.14. The second kappa shape index (κ2) is 16.6.